The molecule has 1 aliphatic heterocycles. The van der Waals surface area contributed by atoms with Crippen LogP contribution in [0.4, 0.5) is 10.5 Å². The van der Waals surface area contributed by atoms with Gasteiger partial charge in [-0.05, 0) is 55.9 Å². The molecule has 8 nitrogen and oxygen atoms in total. The molecule has 1 aromatic carbocycles. The Kier molecular flexibility index (Phi) is 4.34. The van der Waals surface area contributed by atoms with E-state index in [0.29, 0.717) is 18.4 Å². The number of hydroxylamine groups is 1. The van der Waals surface area contributed by atoms with Crippen LogP contribution in [0.2, 0.25) is 0 Å². The number of carbonyl (C=O) groups is 1. The molecular weight excluding hydrogens is 382 g/mol. The fraction of sp³-hybridized carbons (Fsp3) is 0.318. The number of benzene rings is 1. The van der Waals surface area contributed by atoms with Crippen LogP contribution in [-0.2, 0) is 18.4 Å². The van der Waals surface area contributed by atoms with E-state index in [1.807, 2.05) is 32.0 Å². The topological polar surface area (TPSA) is 90.3 Å². The lowest BCUT2D eigenvalue weighted by molar-refractivity contribution is 0.156. The van der Waals surface area contributed by atoms with E-state index in [1.54, 1.807) is 23.1 Å². The maximum Gasteiger partial charge on any atom is 0.352 e. The van der Waals surface area contributed by atoms with Crippen molar-refractivity contribution in [3.63, 3.8) is 0 Å². The zero-order valence-corrected chi connectivity index (χ0v) is 16.9. The first-order valence-corrected chi connectivity index (χ1v) is 10.0. The van der Waals surface area contributed by atoms with Gasteiger partial charge in [0, 0.05) is 30.1 Å². The van der Waals surface area contributed by atoms with E-state index in [1.165, 1.54) is 5.56 Å². The highest BCUT2D eigenvalue weighted by Crippen LogP contribution is 2.38. The van der Waals surface area contributed by atoms with E-state index >= 15 is 0 Å². The van der Waals surface area contributed by atoms with E-state index in [9.17, 15) is 4.79 Å². The zero-order valence-electron chi connectivity index (χ0n) is 16.9. The molecule has 4 bridgehead atoms. The molecule has 8 heteroatoms. The van der Waals surface area contributed by atoms with Gasteiger partial charge in [-0.3, -0.25) is 4.68 Å². The van der Waals surface area contributed by atoms with Gasteiger partial charge < -0.3 is 14.9 Å². The number of aryl methyl sites for hydroxylation is 1. The molecular formula is C22H23N5O3. The van der Waals surface area contributed by atoms with Crippen molar-refractivity contribution >= 4 is 11.7 Å². The molecule has 3 aromatic rings. The van der Waals surface area contributed by atoms with Gasteiger partial charge in [0.25, 0.3) is 5.88 Å². The standard InChI is InChI=1S/C22H23N5O3/c1-22(2)13-29-19-12-15(8-10-23-19)17-7-6-14-4-3-5-16(14)20(17)24-21(28)26-30-18-9-11-27(22)25-18/h6-12H,3-5,13H2,1-2H3,(H2,24,26,28). The zero-order chi connectivity index (χ0) is 20.7. The van der Waals surface area contributed by atoms with Crippen LogP contribution in [0.15, 0.2) is 42.7 Å². The van der Waals surface area contributed by atoms with Gasteiger partial charge >= 0.3 is 6.03 Å². The molecule has 30 heavy (non-hydrogen) atoms. The minimum absolute atomic E-state index is 0.297. The molecule has 154 valence electrons. The number of anilines is 1. The summed E-state index contributed by atoms with van der Waals surface area (Å²) in [7, 11) is 0. The summed E-state index contributed by atoms with van der Waals surface area (Å²) < 4.78 is 7.76. The highest BCUT2D eigenvalue weighted by atomic mass is 16.7. The van der Waals surface area contributed by atoms with Crippen molar-refractivity contribution in [2.75, 3.05) is 11.9 Å². The molecule has 1 aliphatic carbocycles. The number of rotatable bonds is 0. The maximum atomic E-state index is 12.6. The molecule has 0 saturated heterocycles. The Morgan fingerprint density at radius 2 is 2.03 bits per heavy atom. The molecule has 0 fully saturated rings. The Balaban J connectivity index is 1.60. The summed E-state index contributed by atoms with van der Waals surface area (Å²) in [6.45, 7) is 4.38. The Hall–Kier alpha value is -3.55. The molecule has 0 atom stereocenters. The number of hydrogen-bond donors (Lipinski definition) is 2. The lowest BCUT2D eigenvalue weighted by atomic mass is 9.98. The van der Waals surface area contributed by atoms with Crippen LogP contribution in [-0.4, -0.2) is 27.4 Å². The molecule has 2 aliphatic rings. The Morgan fingerprint density at radius 1 is 1.13 bits per heavy atom. The number of urea groups is 1. The van der Waals surface area contributed by atoms with Gasteiger partial charge in [0.1, 0.15) is 6.61 Å². The number of pyridine rings is 1. The van der Waals surface area contributed by atoms with Crippen LogP contribution < -0.4 is 20.4 Å². The van der Waals surface area contributed by atoms with Gasteiger partial charge in [0.05, 0.1) is 11.2 Å². The molecule has 2 aromatic heterocycles. The second-order valence-corrected chi connectivity index (χ2v) is 8.22. The van der Waals surface area contributed by atoms with Gasteiger partial charge in [-0.15, -0.1) is 5.10 Å². The van der Waals surface area contributed by atoms with Gasteiger partial charge in [0.15, 0.2) is 0 Å². The highest BCUT2D eigenvalue weighted by Gasteiger charge is 2.25. The summed E-state index contributed by atoms with van der Waals surface area (Å²) in [6.07, 6.45) is 6.52. The van der Waals surface area contributed by atoms with Crippen molar-refractivity contribution in [2.45, 2.75) is 38.6 Å². The van der Waals surface area contributed by atoms with Crippen molar-refractivity contribution < 1.29 is 14.4 Å². The number of carbonyl (C=O) groups excluding carboxylic acids is 1. The first-order chi connectivity index (χ1) is 14.5. The Labute approximate surface area is 174 Å². The lowest BCUT2D eigenvalue weighted by Gasteiger charge is -2.25. The third kappa shape index (κ3) is 3.34. The van der Waals surface area contributed by atoms with E-state index in [-0.39, 0.29) is 0 Å². The van der Waals surface area contributed by atoms with Crippen molar-refractivity contribution in [3.05, 3.63) is 53.9 Å². The molecule has 5 rings (SSSR count). The molecule has 3 heterocycles. The molecule has 0 saturated carbocycles. The first kappa shape index (κ1) is 18.5. The summed E-state index contributed by atoms with van der Waals surface area (Å²) in [5.74, 6) is 0.820. The summed E-state index contributed by atoms with van der Waals surface area (Å²) in [6, 6.07) is 9.25. The van der Waals surface area contributed by atoms with Gasteiger partial charge in [-0.2, -0.15) is 5.48 Å². The normalized spacial score (nSPS) is 17.2. The van der Waals surface area contributed by atoms with E-state index in [2.05, 4.69) is 26.9 Å². The first-order valence-electron chi connectivity index (χ1n) is 10.0. The van der Waals surface area contributed by atoms with Crippen LogP contribution >= 0.6 is 0 Å². The largest absolute Gasteiger partial charge is 0.475 e. The minimum atomic E-state index is -0.453. The second kappa shape index (κ2) is 7.05. The summed E-state index contributed by atoms with van der Waals surface area (Å²) >= 11 is 0. The highest BCUT2D eigenvalue weighted by molar-refractivity contribution is 5.96. The smallest absolute Gasteiger partial charge is 0.352 e. The van der Waals surface area contributed by atoms with E-state index in [0.717, 1.165) is 41.6 Å². The van der Waals surface area contributed by atoms with Crippen molar-refractivity contribution in [3.8, 4) is 22.9 Å². The molecule has 0 spiro atoms. The monoisotopic (exact) mass is 405 g/mol. The Bertz CT molecular complexity index is 1120. The second-order valence-electron chi connectivity index (χ2n) is 8.22. The molecule has 2 amide bonds. The number of nitrogens with zero attached hydrogens (tertiary/aromatic N) is 3. The Morgan fingerprint density at radius 3 is 2.93 bits per heavy atom. The average molecular weight is 405 g/mol. The maximum absolute atomic E-state index is 12.6. The van der Waals surface area contributed by atoms with Crippen LogP contribution in [0.25, 0.3) is 11.1 Å². The van der Waals surface area contributed by atoms with Crippen LogP contribution in [0, 0.1) is 0 Å². The van der Waals surface area contributed by atoms with Crippen LogP contribution in [0.3, 0.4) is 0 Å². The quantitative estimate of drug-likeness (QED) is 0.596. The van der Waals surface area contributed by atoms with Crippen molar-refractivity contribution in [1.29, 1.82) is 0 Å². The number of nitrogens with one attached hydrogen (secondary N) is 2. The lowest BCUT2D eigenvalue weighted by Crippen LogP contribution is -2.34. The number of aromatic nitrogens is 3. The van der Waals surface area contributed by atoms with Crippen molar-refractivity contribution in [1.82, 2.24) is 20.2 Å². The third-order valence-corrected chi connectivity index (χ3v) is 5.57. The fourth-order valence-electron chi connectivity index (χ4n) is 3.96. The third-order valence-electron chi connectivity index (χ3n) is 5.57. The van der Waals surface area contributed by atoms with Gasteiger partial charge in [0.2, 0.25) is 5.88 Å². The predicted octanol–water partition coefficient (Wildman–Crippen LogP) is 3.68. The van der Waals surface area contributed by atoms with Crippen molar-refractivity contribution in [2.24, 2.45) is 0 Å². The SMILES string of the molecule is CC1(C)COc2cc(ccn2)-c2ccc3c(c2NC(=O)NOc2ccn1n2)CCC3. The number of ether oxygens (including phenoxy) is 1. The fourth-order valence-corrected chi connectivity index (χ4v) is 3.96. The van der Waals surface area contributed by atoms with Crippen LogP contribution in [0.5, 0.6) is 11.8 Å². The number of hydrogen-bond acceptors (Lipinski definition) is 5. The van der Waals surface area contributed by atoms with Gasteiger partial charge in [-0.1, -0.05) is 12.1 Å². The number of fused-ring (bicyclic) bond motifs is 8. The number of amides is 2. The summed E-state index contributed by atoms with van der Waals surface area (Å²) in [4.78, 5) is 22.4. The average Bonchev–Trinajstić information content (AvgIpc) is 3.41. The molecule has 0 unspecified atom stereocenters. The van der Waals surface area contributed by atoms with Gasteiger partial charge in [-0.25, -0.2) is 9.78 Å². The summed E-state index contributed by atoms with van der Waals surface area (Å²) in [5.41, 5.74) is 7.08. The van der Waals surface area contributed by atoms with E-state index < -0.39 is 11.6 Å². The predicted molar refractivity (Wildman–Crippen MR) is 112 cm³/mol. The molecule has 2 N–H and O–H groups in total. The van der Waals surface area contributed by atoms with Crippen LogP contribution in [0.1, 0.15) is 31.4 Å². The molecule has 0 radical (unpaired) electrons. The minimum Gasteiger partial charge on any atom is -0.475 e. The van der Waals surface area contributed by atoms with E-state index in [4.69, 9.17) is 9.57 Å². The summed E-state index contributed by atoms with van der Waals surface area (Å²) in [5, 5.41) is 7.38.